The standard InChI is InChI=1S/C13H9FN2S/c14-9-2-1-8-5-13(17-12(8)6-9)11-4-3-10(15)7-16-11/h1-7H,15H2. The highest BCUT2D eigenvalue weighted by Crippen LogP contribution is 2.32. The molecule has 1 aromatic carbocycles. The minimum atomic E-state index is -0.212. The van der Waals surface area contributed by atoms with E-state index < -0.39 is 0 Å². The third kappa shape index (κ3) is 1.87. The minimum Gasteiger partial charge on any atom is -0.397 e. The second-order valence-corrected chi connectivity index (χ2v) is 4.85. The monoisotopic (exact) mass is 244 g/mol. The van der Waals surface area contributed by atoms with Gasteiger partial charge in [-0.1, -0.05) is 6.07 Å². The Balaban J connectivity index is 2.14. The number of fused-ring (bicyclic) bond motifs is 1. The Morgan fingerprint density at radius 3 is 2.76 bits per heavy atom. The average Bonchev–Trinajstić information content (AvgIpc) is 2.72. The van der Waals surface area contributed by atoms with E-state index in [2.05, 4.69) is 4.98 Å². The number of thiophene rings is 1. The summed E-state index contributed by atoms with van der Waals surface area (Å²) in [5.74, 6) is -0.212. The molecule has 0 saturated heterocycles. The van der Waals surface area contributed by atoms with Crippen molar-refractivity contribution in [3.8, 4) is 10.6 Å². The molecular formula is C13H9FN2S. The Hall–Kier alpha value is -1.94. The van der Waals surface area contributed by atoms with Crippen LogP contribution in [0.5, 0.6) is 0 Å². The highest BCUT2D eigenvalue weighted by Gasteiger charge is 2.05. The molecule has 17 heavy (non-hydrogen) atoms. The number of benzene rings is 1. The van der Waals surface area contributed by atoms with Crippen molar-refractivity contribution in [3.05, 3.63) is 48.4 Å². The van der Waals surface area contributed by atoms with Crippen molar-refractivity contribution in [1.29, 1.82) is 0 Å². The van der Waals surface area contributed by atoms with Gasteiger partial charge in [-0.3, -0.25) is 4.98 Å². The van der Waals surface area contributed by atoms with Crippen molar-refractivity contribution in [2.75, 3.05) is 5.73 Å². The summed E-state index contributed by atoms with van der Waals surface area (Å²) in [4.78, 5) is 5.28. The number of nitrogens with two attached hydrogens (primary N) is 1. The van der Waals surface area contributed by atoms with Crippen LogP contribution in [0, 0.1) is 5.82 Å². The Morgan fingerprint density at radius 2 is 2.00 bits per heavy atom. The van der Waals surface area contributed by atoms with Crippen LogP contribution in [0.4, 0.5) is 10.1 Å². The van der Waals surface area contributed by atoms with E-state index in [1.54, 1.807) is 18.3 Å². The molecule has 0 saturated carbocycles. The van der Waals surface area contributed by atoms with Gasteiger partial charge in [0.2, 0.25) is 0 Å². The van der Waals surface area contributed by atoms with E-state index in [0.717, 1.165) is 20.7 Å². The summed E-state index contributed by atoms with van der Waals surface area (Å²) in [5, 5.41) is 1.03. The molecule has 3 aromatic rings. The number of hydrogen-bond donors (Lipinski definition) is 1. The van der Waals surface area contributed by atoms with Gasteiger partial charge in [-0.15, -0.1) is 11.3 Å². The van der Waals surface area contributed by atoms with Gasteiger partial charge in [0.05, 0.1) is 22.5 Å². The van der Waals surface area contributed by atoms with Gasteiger partial charge in [0.1, 0.15) is 5.82 Å². The van der Waals surface area contributed by atoms with E-state index in [0.29, 0.717) is 5.69 Å². The summed E-state index contributed by atoms with van der Waals surface area (Å²) in [6, 6.07) is 10.5. The molecule has 0 aliphatic rings. The van der Waals surface area contributed by atoms with Crippen LogP contribution >= 0.6 is 11.3 Å². The molecule has 0 bridgehead atoms. The molecule has 2 aromatic heterocycles. The Bertz CT molecular complexity index is 673. The van der Waals surface area contributed by atoms with Gasteiger partial charge in [-0.25, -0.2) is 4.39 Å². The van der Waals surface area contributed by atoms with Gasteiger partial charge < -0.3 is 5.73 Å². The summed E-state index contributed by atoms with van der Waals surface area (Å²) >= 11 is 1.53. The van der Waals surface area contributed by atoms with Gasteiger partial charge in [0, 0.05) is 4.70 Å². The van der Waals surface area contributed by atoms with Gasteiger partial charge in [0.15, 0.2) is 0 Å². The van der Waals surface area contributed by atoms with Gasteiger partial charge in [-0.2, -0.15) is 0 Å². The quantitative estimate of drug-likeness (QED) is 0.709. The number of nitrogen functional groups attached to an aromatic ring is 1. The fourth-order valence-electron chi connectivity index (χ4n) is 1.68. The molecule has 0 spiro atoms. The largest absolute Gasteiger partial charge is 0.397 e. The molecule has 2 heterocycles. The molecule has 4 heteroatoms. The molecule has 0 fully saturated rings. The first-order chi connectivity index (χ1) is 8.22. The zero-order chi connectivity index (χ0) is 11.8. The van der Waals surface area contributed by atoms with Gasteiger partial charge in [-0.05, 0) is 35.7 Å². The molecule has 2 nitrogen and oxygen atoms in total. The lowest BCUT2D eigenvalue weighted by Gasteiger charge is -1.95. The van der Waals surface area contributed by atoms with E-state index in [1.807, 2.05) is 18.2 Å². The summed E-state index contributed by atoms with van der Waals surface area (Å²) < 4.78 is 14.0. The molecule has 84 valence electrons. The Labute approximate surface area is 102 Å². The first-order valence-corrected chi connectivity index (χ1v) is 5.95. The van der Waals surface area contributed by atoms with E-state index in [1.165, 1.54) is 17.4 Å². The Morgan fingerprint density at radius 1 is 1.12 bits per heavy atom. The number of pyridine rings is 1. The van der Waals surface area contributed by atoms with Crippen LogP contribution in [-0.4, -0.2) is 4.98 Å². The van der Waals surface area contributed by atoms with Crippen LogP contribution < -0.4 is 5.73 Å². The van der Waals surface area contributed by atoms with Crippen molar-refractivity contribution in [2.45, 2.75) is 0 Å². The molecular weight excluding hydrogens is 235 g/mol. The summed E-state index contributed by atoms with van der Waals surface area (Å²) in [5.41, 5.74) is 7.09. The Kier molecular flexibility index (Phi) is 2.30. The SMILES string of the molecule is Nc1ccc(-c2cc3ccc(F)cc3s2)nc1. The van der Waals surface area contributed by atoms with Gasteiger partial charge >= 0.3 is 0 Å². The number of nitrogens with zero attached hydrogens (tertiary/aromatic N) is 1. The molecule has 2 N–H and O–H groups in total. The van der Waals surface area contributed by atoms with Gasteiger partial charge in [0.25, 0.3) is 0 Å². The summed E-state index contributed by atoms with van der Waals surface area (Å²) in [6.07, 6.45) is 1.63. The van der Waals surface area contributed by atoms with Crippen LogP contribution in [0.2, 0.25) is 0 Å². The van der Waals surface area contributed by atoms with Crippen LogP contribution in [0.1, 0.15) is 0 Å². The number of halogens is 1. The van der Waals surface area contributed by atoms with E-state index in [9.17, 15) is 4.39 Å². The third-order valence-corrected chi connectivity index (χ3v) is 3.64. The maximum Gasteiger partial charge on any atom is 0.124 e. The lowest BCUT2D eigenvalue weighted by molar-refractivity contribution is 0.630. The van der Waals surface area contributed by atoms with Crippen molar-refractivity contribution >= 4 is 27.1 Å². The van der Waals surface area contributed by atoms with E-state index >= 15 is 0 Å². The lowest BCUT2D eigenvalue weighted by Crippen LogP contribution is -1.86. The van der Waals surface area contributed by atoms with Crippen LogP contribution in [0.25, 0.3) is 20.7 Å². The molecule has 0 amide bonds. The molecule has 0 aliphatic heterocycles. The van der Waals surface area contributed by atoms with Crippen molar-refractivity contribution in [2.24, 2.45) is 0 Å². The average molecular weight is 244 g/mol. The smallest absolute Gasteiger partial charge is 0.124 e. The topological polar surface area (TPSA) is 38.9 Å². The van der Waals surface area contributed by atoms with Crippen molar-refractivity contribution in [3.63, 3.8) is 0 Å². The predicted molar refractivity (Wildman–Crippen MR) is 69.4 cm³/mol. The molecule has 0 radical (unpaired) electrons. The second-order valence-electron chi connectivity index (χ2n) is 3.77. The first-order valence-electron chi connectivity index (χ1n) is 5.13. The summed E-state index contributed by atoms with van der Waals surface area (Å²) in [6.45, 7) is 0. The minimum absolute atomic E-state index is 0.212. The number of aromatic nitrogens is 1. The molecule has 3 rings (SSSR count). The van der Waals surface area contributed by atoms with Crippen molar-refractivity contribution < 1.29 is 4.39 Å². The molecule has 0 aliphatic carbocycles. The predicted octanol–water partition coefficient (Wildman–Crippen LogP) is 3.68. The zero-order valence-corrected chi connectivity index (χ0v) is 9.67. The highest BCUT2D eigenvalue weighted by atomic mass is 32.1. The fourth-order valence-corrected chi connectivity index (χ4v) is 2.75. The number of rotatable bonds is 1. The van der Waals surface area contributed by atoms with Crippen molar-refractivity contribution in [1.82, 2.24) is 4.98 Å². The number of anilines is 1. The lowest BCUT2D eigenvalue weighted by atomic mass is 10.2. The highest BCUT2D eigenvalue weighted by molar-refractivity contribution is 7.22. The second kappa shape index (κ2) is 3.82. The first kappa shape index (κ1) is 10.2. The van der Waals surface area contributed by atoms with Crippen LogP contribution in [0.3, 0.4) is 0 Å². The van der Waals surface area contributed by atoms with Crippen LogP contribution in [-0.2, 0) is 0 Å². The third-order valence-electron chi connectivity index (χ3n) is 2.52. The van der Waals surface area contributed by atoms with E-state index in [-0.39, 0.29) is 5.82 Å². The molecule has 0 unspecified atom stereocenters. The zero-order valence-electron chi connectivity index (χ0n) is 8.85. The maximum atomic E-state index is 13.1. The summed E-state index contributed by atoms with van der Waals surface area (Å²) in [7, 11) is 0. The fraction of sp³-hybridized carbons (Fsp3) is 0. The normalized spacial score (nSPS) is 10.9. The molecule has 0 atom stereocenters. The maximum absolute atomic E-state index is 13.1. The van der Waals surface area contributed by atoms with Crippen LogP contribution in [0.15, 0.2) is 42.6 Å². The number of hydrogen-bond acceptors (Lipinski definition) is 3. The van der Waals surface area contributed by atoms with E-state index in [4.69, 9.17) is 5.73 Å².